The maximum absolute atomic E-state index is 8.61. The number of aliphatic hydroxyl groups is 1. The fourth-order valence-electron chi connectivity index (χ4n) is 0.739. The monoisotopic (exact) mass is 146 g/mol. The van der Waals surface area contributed by atoms with Crippen molar-refractivity contribution in [1.29, 1.82) is 0 Å². The summed E-state index contributed by atoms with van der Waals surface area (Å²) in [5.41, 5.74) is 0. The van der Waals surface area contributed by atoms with E-state index in [0.717, 1.165) is 6.54 Å². The SMILES string of the molecule is CC(N(C)C)N(C)CCO. The molecule has 0 aromatic heterocycles. The van der Waals surface area contributed by atoms with Crippen LogP contribution in [0, 0.1) is 0 Å². The third kappa shape index (κ3) is 3.15. The number of rotatable bonds is 4. The Morgan fingerprint density at radius 2 is 1.80 bits per heavy atom. The standard InChI is InChI=1S/C7H18N2O/c1-7(8(2)3)9(4)5-6-10/h7,10H,5-6H2,1-4H3. The number of aliphatic hydroxyl groups excluding tert-OH is 1. The predicted octanol–water partition coefficient (Wildman–Crippen LogP) is -0.182. The van der Waals surface area contributed by atoms with Crippen LogP contribution in [-0.4, -0.2) is 55.4 Å². The Labute approximate surface area is 63.2 Å². The van der Waals surface area contributed by atoms with Gasteiger partial charge in [-0.3, -0.25) is 9.80 Å². The van der Waals surface area contributed by atoms with E-state index in [4.69, 9.17) is 5.11 Å². The molecule has 0 rings (SSSR count). The van der Waals surface area contributed by atoms with Gasteiger partial charge >= 0.3 is 0 Å². The smallest absolute Gasteiger partial charge is 0.0586 e. The zero-order valence-corrected chi connectivity index (χ0v) is 7.33. The largest absolute Gasteiger partial charge is 0.395 e. The van der Waals surface area contributed by atoms with Gasteiger partial charge in [-0.2, -0.15) is 0 Å². The van der Waals surface area contributed by atoms with Gasteiger partial charge in [0.2, 0.25) is 0 Å². The molecule has 0 heterocycles. The van der Waals surface area contributed by atoms with Crippen molar-refractivity contribution in [3.8, 4) is 0 Å². The van der Waals surface area contributed by atoms with Crippen LogP contribution in [0.2, 0.25) is 0 Å². The third-order valence-electron chi connectivity index (χ3n) is 1.84. The molecule has 0 aliphatic carbocycles. The summed E-state index contributed by atoms with van der Waals surface area (Å²) in [6, 6.07) is 0. The summed E-state index contributed by atoms with van der Waals surface area (Å²) in [4.78, 5) is 4.20. The quantitative estimate of drug-likeness (QED) is 0.557. The van der Waals surface area contributed by atoms with Gasteiger partial charge < -0.3 is 5.11 Å². The Balaban J connectivity index is 3.58. The van der Waals surface area contributed by atoms with Gasteiger partial charge in [0.1, 0.15) is 0 Å². The molecule has 1 atom stereocenters. The first-order valence-electron chi connectivity index (χ1n) is 3.57. The molecule has 3 nitrogen and oxygen atoms in total. The Kier molecular flexibility index (Phi) is 4.60. The van der Waals surface area contributed by atoms with Crippen molar-refractivity contribution in [3.05, 3.63) is 0 Å². The second-order valence-electron chi connectivity index (χ2n) is 2.80. The average Bonchev–Trinajstić information content (AvgIpc) is 1.87. The molecule has 0 aliphatic heterocycles. The molecular weight excluding hydrogens is 128 g/mol. The van der Waals surface area contributed by atoms with Gasteiger partial charge in [-0.05, 0) is 28.1 Å². The van der Waals surface area contributed by atoms with Crippen LogP contribution in [-0.2, 0) is 0 Å². The van der Waals surface area contributed by atoms with Crippen molar-refractivity contribution in [1.82, 2.24) is 9.80 Å². The second-order valence-corrected chi connectivity index (χ2v) is 2.80. The van der Waals surface area contributed by atoms with E-state index in [1.54, 1.807) is 0 Å². The molecule has 3 heteroatoms. The molecule has 0 amide bonds. The predicted molar refractivity (Wildman–Crippen MR) is 42.9 cm³/mol. The first kappa shape index (κ1) is 9.88. The van der Waals surface area contributed by atoms with E-state index in [9.17, 15) is 0 Å². The minimum absolute atomic E-state index is 0.231. The fraction of sp³-hybridized carbons (Fsp3) is 1.00. The molecule has 62 valence electrons. The van der Waals surface area contributed by atoms with Gasteiger partial charge in [0.05, 0.1) is 12.8 Å². The highest BCUT2D eigenvalue weighted by atomic mass is 16.3. The first-order valence-corrected chi connectivity index (χ1v) is 3.57. The summed E-state index contributed by atoms with van der Waals surface area (Å²) in [6.45, 7) is 3.07. The maximum Gasteiger partial charge on any atom is 0.0586 e. The Hall–Kier alpha value is -0.120. The molecule has 1 unspecified atom stereocenters. The molecule has 0 aromatic carbocycles. The lowest BCUT2D eigenvalue weighted by Crippen LogP contribution is -2.41. The van der Waals surface area contributed by atoms with Gasteiger partial charge in [-0.1, -0.05) is 0 Å². The van der Waals surface area contributed by atoms with Crippen molar-refractivity contribution in [2.24, 2.45) is 0 Å². The van der Waals surface area contributed by atoms with Crippen LogP contribution < -0.4 is 0 Å². The molecule has 0 spiro atoms. The van der Waals surface area contributed by atoms with Crippen LogP contribution in [0.5, 0.6) is 0 Å². The summed E-state index contributed by atoms with van der Waals surface area (Å²) >= 11 is 0. The highest BCUT2D eigenvalue weighted by Crippen LogP contribution is 1.96. The van der Waals surface area contributed by atoms with Crippen LogP contribution in [0.4, 0.5) is 0 Å². The zero-order valence-electron chi connectivity index (χ0n) is 7.33. The van der Waals surface area contributed by atoms with Crippen LogP contribution >= 0.6 is 0 Å². The summed E-state index contributed by atoms with van der Waals surface area (Å²) in [5, 5.41) is 8.61. The van der Waals surface area contributed by atoms with Gasteiger partial charge in [0.25, 0.3) is 0 Å². The highest BCUT2D eigenvalue weighted by Gasteiger charge is 2.08. The van der Waals surface area contributed by atoms with Crippen molar-refractivity contribution in [3.63, 3.8) is 0 Å². The molecule has 0 aliphatic rings. The number of likely N-dealkylation sites (N-methyl/N-ethyl adjacent to an activating group) is 1. The van der Waals surface area contributed by atoms with E-state index in [2.05, 4.69) is 16.7 Å². The molecule has 0 aromatic rings. The molecular formula is C7H18N2O. The van der Waals surface area contributed by atoms with Crippen LogP contribution in [0.25, 0.3) is 0 Å². The summed E-state index contributed by atoms with van der Waals surface area (Å²) in [5.74, 6) is 0. The molecule has 10 heavy (non-hydrogen) atoms. The molecule has 0 saturated carbocycles. The van der Waals surface area contributed by atoms with Gasteiger partial charge in [0, 0.05) is 6.54 Å². The molecule has 0 radical (unpaired) electrons. The van der Waals surface area contributed by atoms with Gasteiger partial charge in [-0.25, -0.2) is 0 Å². The van der Waals surface area contributed by atoms with Gasteiger partial charge in [0.15, 0.2) is 0 Å². The molecule has 0 bridgehead atoms. The molecule has 0 fully saturated rings. The number of hydrogen-bond donors (Lipinski definition) is 1. The minimum atomic E-state index is 0.231. The van der Waals surface area contributed by atoms with Crippen molar-refractivity contribution >= 4 is 0 Å². The van der Waals surface area contributed by atoms with E-state index in [1.807, 2.05) is 21.1 Å². The highest BCUT2D eigenvalue weighted by molar-refractivity contribution is 4.58. The molecule has 0 saturated heterocycles. The lowest BCUT2D eigenvalue weighted by molar-refractivity contribution is 0.0991. The first-order chi connectivity index (χ1) is 4.59. The van der Waals surface area contributed by atoms with Crippen molar-refractivity contribution < 1.29 is 5.11 Å². The van der Waals surface area contributed by atoms with E-state index < -0.39 is 0 Å². The number of nitrogens with zero attached hydrogens (tertiary/aromatic N) is 2. The van der Waals surface area contributed by atoms with Crippen LogP contribution in [0.15, 0.2) is 0 Å². The van der Waals surface area contributed by atoms with E-state index in [1.165, 1.54) is 0 Å². The Bertz CT molecular complexity index is 85.7. The third-order valence-corrected chi connectivity index (χ3v) is 1.84. The Morgan fingerprint density at radius 3 is 2.10 bits per heavy atom. The average molecular weight is 146 g/mol. The van der Waals surface area contributed by atoms with E-state index in [0.29, 0.717) is 6.17 Å². The summed E-state index contributed by atoms with van der Waals surface area (Å²) in [6.07, 6.45) is 0.396. The molecule has 1 N–H and O–H groups in total. The lowest BCUT2D eigenvalue weighted by atomic mass is 10.4. The van der Waals surface area contributed by atoms with E-state index >= 15 is 0 Å². The zero-order chi connectivity index (χ0) is 8.15. The van der Waals surface area contributed by atoms with Crippen molar-refractivity contribution in [2.45, 2.75) is 13.1 Å². The summed E-state index contributed by atoms with van der Waals surface area (Å²) < 4.78 is 0. The normalized spacial score (nSPS) is 14.7. The van der Waals surface area contributed by atoms with Gasteiger partial charge in [-0.15, -0.1) is 0 Å². The maximum atomic E-state index is 8.61. The topological polar surface area (TPSA) is 26.7 Å². The fourth-order valence-corrected chi connectivity index (χ4v) is 0.739. The lowest BCUT2D eigenvalue weighted by Gasteiger charge is -2.29. The van der Waals surface area contributed by atoms with E-state index in [-0.39, 0.29) is 6.61 Å². The van der Waals surface area contributed by atoms with Crippen LogP contribution in [0.1, 0.15) is 6.92 Å². The summed E-state index contributed by atoms with van der Waals surface area (Å²) in [7, 11) is 6.05. The van der Waals surface area contributed by atoms with Crippen LogP contribution in [0.3, 0.4) is 0 Å². The Morgan fingerprint density at radius 1 is 1.30 bits per heavy atom. The van der Waals surface area contributed by atoms with Crippen molar-refractivity contribution in [2.75, 3.05) is 34.3 Å². The second kappa shape index (κ2) is 4.66. The minimum Gasteiger partial charge on any atom is -0.395 e. The number of hydrogen-bond acceptors (Lipinski definition) is 3.